The quantitative estimate of drug-likeness (QED) is 0.476. The molecule has 0 fully saturated rings. The monoisotopic (exact) mass is 266 g/mol. The molecule has 0 aliphatic heterocycles. The van der Waals surface area contributed by atoms with Gasteiger partial charge in [0.1, 0.15) is 11.5 Å². The van der Waals surface area contributed by atoms with Gasteiger partial charge in [-0.05, 0) is 19.1 Å². The van der Waals surface area contributed by atoms with Crippen molar-refractivity contribution in [3.05, 3.63) is 23.8 Å². The molecule has 6 nitrogen and oxygen atoms in total. The lowest BCUT2D eigenvalue weighted by atomic mass is 10.1. The fourth-order valence-electron chi connectivity index (χ4n) is 1.34. The molecule has 0 radical (unpaired) electrons. The lowest BCUT2D eigenvalue weighted by molar-refractivity contribution is 0.122. The minimum absolute atomic E-state index is 0.535. The van der Waals surface area contributed by atoms with Gasteiger partial charge >= 0.3 is 6.09 Å². The molecular formula is C13H18N2O4. The smallest absolute Gasteiger partial charge is 0.435 e. The molecule has 0 spiro atoms. The van der Waals surface area contributed by atoms with Crippen LogP contribution in [0.2, 0.25) is 0 Å². The number of carbonyl (C=O) groups is 1. The van der Waals surface area contributed by atoms with Crippen molar-refractivity contribution in [3.63, 3.8) is 0 Å². The number of hydrogen-bond donors (Lipinski definition) is 0. The van der Waals surface area contributed by atoms with Crippen molar-refractivity contribution >= 4 is 11.8 Å². The number of amides is 1. The van der Waals surface area contributed by atoms with Crippen LogP contribution in [0.15, 0.2) is 23.4 Å². The van der Waals surface area contributed by atoms with Crippen molar-refractivity contribution in [3.8, 4) is 11.5 Å². The van der Waals surface area contributed by atoms with Gasteiger partial charge in [0, 0.05) is 25.7 Å². The molecule has 0 heterocycles. The number of rotatable bonds is 4. The third-order valence-corrected chi connectivity index (χ3v) is 2.42. The van der Waals surface area contributed by atoms with Crippen LogP contribution in [0.1, 0.15) is 12.5 Å². The number of benzene rings is 1. The van der Waals surface area contributed by atoms with Gasteiger partial charge in [-0.25, -0.2) is 4.79 Å². The summed E-state index contributed by atoms with van der Waals surface area (Å²) in [5.41, 5.74) is 1.27. The summed E-state index contributed by atoms with van der Waals surface area (Å²) in [5.74, 6) is 1.28. The second-order valence-electron chi connectivity index (χ2n) is 3.99. The highest BCUT2D eigenvalue weighted by Crippen LogP contribution is 2.25. The largest absolute Gasteiger partial charge is 0.497 e. The second-order valence-corrected chi connectivity index (χ2v) is 3.99. The van der Waals surface area contributed by atoms with Crippen LogP contribution in [0.4, 0.5) is 4.79 Å². The molecule has 0 N–H and O–H groups in total. The first-order valence-electron chi connectivity index (χ1n) is 5.65. The topological polar surface area (TPSA) is 60.4 Å². The third-order valence-electron chi connectivity index (χ3n) is 2.42. The minimum atomic E-state index is -0.535. The number of ether oxygens (including phenoxy) is 2. The van der Waals surface area contributed by atoms with Gasteiger partial charge < -0.3 is 14.4 Å². The Kier molecular flexibility index (Phi) is 5.17. The summed E-state index contributed by atoms with van der Waals surface area (Å²) in [7, 11) is 6.30. The van der Waals surface area contributed by atoms with Crippen molar-refractivity contribution in [2.75, 3.05) is 28.3 Å². The lowest BCUT2D eigenvalue weighted by Gasteiger charge is -2.10. The summed E-state index contributed by atoms with van der Waals surface area (Å²) in [4.78, 5) is 17.3. The van der Waals surface area contributed by atoms with Crippen LogP contribution in [0, 0.1) is 0 Å². The predicted molar refractivity (Wildman–Crippen MR) is 71.9 cm³/mol. The summed E-state index contributed by atoms with van der Waals surface area (Å²) in [6.07, 6.45) is -0.535. The Labute approximate surface area is 112 Å². The van der Waals surface area contributed by atoms with Crippen LogP contribution in [0.3, 0.4) is 0 Å². The maximum absolute atomic E-state index is 11.3. The van der Waals surface area contributed by atoms with Gasteiger partial charge in [-0.1, -0.05) is 5.16 Å². The van der Waals surface area contributed by atoms with E-state index in [4.69, 9.17) is 14.3 Å². The molecule has 0 unspecified atom stereocenters. The zero-order chi connectivity index (χ0) is 14.4. The molecule has 1 amide bonds. The molecule has 1 rings (SSSR count). The Balaban J connectivity index is 2.95. The average Bonchev–Trinajstić information content (AvgIpc) is 2.43. The van der Waals surface area contributed by atoms with Crippen LogP contribution in [-0.4, -0.2) is 45.0 Å². The molecule has 6 heteroatoms. The Morgan fingerprint density at radius 1 is 1.21 bits per heavy atom. The van der Waals surface area contributed by atoms with Gasteiger partial charge in [0.05, 0.1) is 19.9 Å². The van der Waals surface area contributed by atoms with E-state index in [2.05, 4.69) is 5.16 Å². The molecule has 19 heavy (non-hydrogen) atoms. The molecule has 0 atom stereocenters. The first-order chi connectivity index (χ1) is 8.99. The van der Waals surface area contributed by atoms with E-state index in [0.717, 1.165) is 5.56 Å². The summed E-state index contributed by atoms with van der Waals surface area (Å²) in [6.45, 7) is 1.73. The van der Waals surface area contributed by atoms with Crippen molar-refractivity contribution in [2.24, 2.45) is 5.16 Å². The average molecular weight is 266 g/mol. The molecule has 0 aromatic heterocycles. The highest BCUT2D eigenvalue weighted by Gasteiger charge is 2.10. The molecule has 0 aliphatic carbocycles. The summed E-state index contributed by atoms with van der Waals surface area (Å²) >= 11 is 0. The molecule has 0 saturated heterocycles. The third kappa shape index (κ3) is 3.87. The van der Waals surface area contributed by atoms with E-state index in [9.17, 15) is 4.79 Å². The molecular weight excluding hydrogens is 248 g/mol. The highest BCUT2D eigenvalue weighted by molar-refractivity contribution is 6.01. The Hall–Kier alpha value is -2.24. The van der Waals surface area contributed by atoms with Gasteiger partial charge in [0.2, 0.25) is 0 Å². The van der Waals surface area contributed by atoms with E-state index in [1.54, 1.807) is 53.4 Å². The standard InChI is InChI=1S/C13H18N2O4/c1-9(14-19-13(16)15(2)3)11-7-6-10(17-4)8-12(11)18-5/h6-8H,1-5H3. The minimum Gasteiger partial charge on any atom is -0.497 e. The first kappa shape index (κ1) is 14.8. The molecule has 0 aliphatic rings. The molecule has 1 aromatic rings. The summed E-state index contributed by atoms with van der Waals surface area (Å²) in [5, 5.41) is 3.78. The zero-order valence-electron chi connectivity index (χ0n) is 11.8. The van der Waals surface area contributed by atoms with Crippen molar-refractivity contribution < 1.29 is 19.1 Å². The van der Waals surface area contributed by atoms with E-state index < -0.39 is 6.09 Å². The van der Waals surface area contributed by atoms with E-state index in [0.29, 0.717) is 17.2 Å². The van der Waals surface area contributed by atoms with Gasteiger partial charge in [0.25, 0.3) is 0 Å². The van der Waals surface area contributed by atoms with Gasteiger partial charge in [0.15, 0.2) is 0 Å². The maximum Gasteiger partial charge on any atom is 0.435 e. The van der Waals surface area contributed by atoms with E-state index in [1.165, 1.54) is 4.90 Å². The zero-order valence-corrected chi connectivity index (χ0v) is 11.8. The van der Waals surface area contributed by atoms with Crippen molar-refractivity contribution in [1.29, 1.82) is 0 Å². The number of oxime groups is 1. The van der Waals surface area contributed by atoms with Crippen molar-refractivity contribution in [1.82, 2.24) is 4.90 Å². The Morgan fingerprint density at radius 3 is 2.42 bits per heavy atom. The fourth-order valence-corrected chi connectivity index (χ4v) is 1.34. The normalized spacial score (nSPS) is 10.9. The number of hydrogen-bond acceptors (Lipinski definition) is 5. The maximum atomic E-state index is 11.3. The molecule has 0 bridgehead atoms. The van der Waals surface area contributed by atoms with Crippen LogP contribution >= 0.6 is 0 Å². The summed E-state index contributed by atoms with van der Waals surface area (Å²) in [6, 6.07) is 5.31. The second kappa shape index (κ2) is 6.63. The van der Waals surface area contributed by atoms with E-state index >= 15 is 0 Å². The molecule has 0 saturated carbocycles. The molecule has 104 valence electrons. The van der Waals surface area contributed by atoms with Gasteiger partial charge in [-0.3, -0.25) is 4.84 Å². The Morgan fingerprint density at radius 2 is 1.89 bits per heavy atom. The van der Waals surface area contributed by atoms with Crippen molar-refractivity contribution in [2.45, 2.75) is 6.92 Å². The Bertz CT molecular complexity index is 484. The summed E-state index contributed by atoms with van der Waals surface area (Å²) < 4.78 is 10.4. The lowest BCUT2D eigenvalue weighted by Crippen LogP contribution is -2.21. The van der Waals surface area contributed by atoms with Gasteiger partial charge in [-0.2, -0.15) is 0 Å². The van der Waals surface area contributed by atoms with Gasteiger partial charge in [-0.15, -0.1) is 0 Å². The number of nitrogens with zero attached hydrogens (tertiary/aromatic N) is 2. The van der Waals surface area contributed by atoms with Crippen LogP contribution in [0.5, 0.6) is 11.5 Å². The van der Waals surface area contributed by atoms with Crippen LogP contribution in [-0.2, 0) is 4.84 Å². The first-order valence-corrected chi connectivity index (χ1v) is 5.65. The SMILES string of the molecule is COc1ccc(C(C)=NOC(=O)N(C)C)c(OC)c1. The number of methoxy groups -OCH3 is 2. The highest BCUT2D eigenvalue weighted by atomic mass is 16.7. The predicted octanol–water partition coefficient (Wildman–Crippen LogP) is 2.13. The van der Waals surface area contributed by atoms with Crippen LogP contribution in [0.25, 0.3) is 0 Å². The molecule has 1 aromatic carbocycles. The van der Waals surface area contributed by atoms with E-state index in [1.807, 2.05) is 0 Å². The number of carbonyl (C=O) groups excluding carboxylic acids is 1. The fraction of sp³-hybridized carbons (Fsp3) is 0.385. The van der Waals surface area contributed by atoms with Crippen LogP contribution < -0.4 is 9.47 Å². The van der Waals surface area contributed by atoms with E-state index in [-0.39, 0.29) is 0 Å².